The third kappa shape index (κ3) is 2.53. The number of fused-ring (bicyclic) bond motifs is 1. The summed E-state index contributed by atoms with van der Waals surface area (Å²) in [5.41, 5.74) is 0.508. The summed E-state index contributed by atoms with van der Waals surface area (Å²) in [6, 6.07) is 4.86. The molecule has 0 aromatic heterocycles. The predicted octanol–water partition coefficient (Wildman–Crippen LogP) is 1.10. The van der Waals surface area contributed by atoms with Crippen LogP contribution >= 0.6 is 0 Å². The fraction of sp³-hybridized carbons (Fsp3) is 0.385. The zero-order valence-electron chi connectivity index (χ0n) is 10.2. The maximum absolute atomic E-state index is 11.8. The largest absolute Gasteiger partial charge is 0.482 e. The lowest BCUT2D eigenvalue weighted by Crippen LogP contribution is -2.26. The molecule has 1 fully saturated rings. The highest BCUT2D eigenvalue weighted by molar-refractivity contribution is 5.95. The van der Waals surface area contributed by atoms with Gasteiger partial charge in [0.05, 0.1) is 5.69 Å². The molecule has 2 aliphatic rings. The number of hydrogen-bond donors (Lipinski definition) is 1. The lowest BCUT2D eigenvalue weighted by atomic mass is 10.2. The van der Waals surface area contributed by atoms with Gasteiger partial charge in [0.15, 0.2) is 12.7 Å². The lowest BCUT2D eigenvalue weighted by molar-refractivity contribution is -0.144. The highest BCUT2D eigenvalue weighted by Gasteiger charge is 2.26. The van der Waals surface area contributed by atoms with E-state index in [1.54, 1.807) is 18.2 Å². The first kappa shape index (κ1) is 12.0. The molecule has 0 spiro atoms. The van der Waals surface area contributed by atoms with Crippen molar-refractivity contribution >= 4 is 17.6 Å². The molecule has 100 valence electrons. The highest BCUT2D eigenvalue weighted by atomic mass is 16.6. The van der Waals surface area contributed by atoms with Crippen LogP contribution in [0.2, 0.25) is 0 Å². The summed E-state index contributed by atoms with van der Waals surface area (Å²) in [6.45, 7) is 0.593. The van der Waals surface area contributed by atoms with E-state index < -0.39 is 12.1 Å². The molecule has 2 heterocycles. The van der Waals surface area contributed by atoms with Crippen molar-refractivity contribution in [3.8, 4) is 11.5 Å². The van der Waals surface area contributed by atoms with E-state index in [2.05, 4.69) is 5.32 Å². The van der Waals surface area contributed by atoms with Gasteiger partial charge in [0.25, 0.3) is 5.91 Å². The van der Waals surface area contributed by atoms with Crippen LogP contribution in [-0.4, -0.2) is 31.2 Å². The van der Waals surface area contributed by atoms with E-state index in [1.165, 1.54) is 0 Å². The molecule has 0 bridgehead atoms. The molecule has 6 heteroatoms. The van der Waals surface area contributed by atoms with Crippen molar-refractivity contribution in [1.82, 2.24) is 0 Å². The van der Waals surface area contributed by atoms with Crippen LogP contribution in [0.25, 0.3) is 0 Å². The number of hydrogen-bond acceptors (Lipinski definition) is 5. The van der Waals surface area contributed by atoms with Gasteiger partial charge in [0.2, 0.25) is 0 Å². The van der Waals surface area contributed by atoms with Gasteiger partial charge >= 0.3 is 5.97 Å². The molecule has 3 rings (SSSR count). The summed E-state index contributed by atoms with van der Waals surface area (Å²) in [6.07, 6.45) is 1.07. The summed E-state index contributed by atoms with van der Waals surface area (Å²) in [7, 11) is 0. The first-order valence-electron chi connectivity index (χ1n) is 6.12. The van der Waals surface area contributed by atoms with E-state index in [4.69, 9.17) is 14.2 Å². The van der Waals surface area contributed by atoms with Crippen molar-refractivity contribution in [2.45, 2.75) is 18.9 Å². The molecule has 1 aromatic rings. The minimum absolute atomic E-state index is 0.00203. The molecule has 1 atom stereocenters. The van der Waals surface area contributed by atoms with Crippen LogP contribution in [0.4, 0.5) is 5.69 Å². The standard InChI is InChI=1S/C13H13NO5/c15-12-7-18-10-4-3-8(6-9(10)14-12)19-13(16)11-2-1-5-17-11/h3-4,6,11H,1-2,5,7H2,(H,14,15). The third-order valence-electron chi connectivity index (χ3n) is 2.99. The van der Waals surface area contributed by atoms with Crippen molar-refractivity contribution in [3.05, 3.63) is 18.2 Å². The van der Waals surface area contributed by atoms with E-state index in [0.717, 1.165) is 6.42 Å². The molecule has 0 saturated carbocycles. The van der Waals surface area contributed by atoms with Crippen LogP contribution in [0.15, 0.2) is 18.2 Å². The van der Waals surface area contributed by atoms with E-state index in [1.807, 2.05) is 0 Å². The topological polar surface area (TPSA) is 73.9 Å². The number of esters is 1. The number of anilines is 1. The van der Waals surface area contributed by atoms with Crippen molar-refractivity contribution in [1.29, 1.82) is 0 Å². The molecule has 0 radical (unpaired) electrons. The van der Waals surface area contributed by atoms with Crippen LogP contribution in [0.3, 0.4) is 0 Å². The summed E-state index contributed by atoms with van der Waals surface area (Å²) < 4.78 is 15.7. The van der Waals surface area contributed by atoms with Crippen molar-refractivity contribution in [3.63, 3.8) is 0 Å². The summed E-state index contributed by atoms with van der Waals surface area (Å²) >= 11 is 0. The number of benzene rings is 1. The van der Waals surface area contributed by atoms with Crippen molar-refractivity contribution < 1.29 is 23.8 Å². The second-order valence-electron chi connectivity index (χ2n) is 4.42. The first-order chi connectivity index (χ1) is 9.22. The molecule has 1 aromatic carbocycles. The fourth-order valence-corrected chi connectivity index (χ4v) is 2.07. The highest BCUT2D eigenvalue weighted by Crippen LogP contribution is 2.31. The quantitative estimate of drug-likeness (QED) is 0.639. The normalized spacial score (nSPS) is 21.3. The van der Waals surface area contributed by atoms with Crippen molar-refractivity contribution in [2.24, 2.45) is 0 Å². The Labute approximate surface area is 109 Å². The second-order valence-corrected chi connectivity index (χ2v) is 4.42. The Bertz CT molecular complexity index is 522. The first-order valence-corrected chi connectivity index (χ1v) is 6.12. The number of amides is 1. The summed E-state index contributed by atoms with van der Waals surface area (Å²) in [5.74, 6) is 0.303. The van der Waals surface area contributed by atoms with Crippen LogP contribution in [0.1, 0.15) is 12.8 Å². The van der Waals surface area contributed by atoms with E-state index in [-0.39, 0.29) is 12.5 Å². The van der Waals surface area contributed by atoms with Crippen LogP contribution in [0, 0.1) is 0 Å². The maximum atomic E-state index is 11.8. The van der Waals surface area contributed by atoms with Gasteiger partial charge in [-0.15, -0.1) is 0 Å². The number of carbonyl (C=O) groups excluding carboxylic acids is 2. The number of rotatable bonds is 2. The molecule has 1 amide bonds. The van der Waals surface area contributed by atoms with Gasteiger partial charge in [0.1, 0.15) is 11.5 Å². The molecule has 1 unspecified atom stereocenters. The monoisotopic (exact) mass is 263 g/mol. The average Bonchev–Trinajstić information content (AvgIpc) is 2.92. The fourth-order valence-electron chi connectivity index (χ4n) is 2.07. The molecule has 1 N–H and O–H groups in total. The molecule has 19 heavy (non-hydrogen) atoms. The SMILES string of the molecule is O=C1COc2ccc(OC(=O)C3CCCO3)cc2N1. The lowest BCUT2D eigenvalue weighted by Gasteiger charge is -2.18. The molecule has 1 saturated heterocycles. The Morgan fingerprint density at radius 2 is 2.32 bits per heavy atom. The van der Waals surface area contributed by atoms with Gasteiger partial charge in [-0.05, 0) is 25.0 Å². The van der Waals surface area contributed by atoms with Gasteiger partial charge in [-0.3, -0.25) is 4.79 Å². The van der Waals surface area contributed by atoms with Crippen LogP contribution in [0.5, 0.6) is 11.5 Å². The van der Waals surface area contributed by atoms with E-state index >= 15 is 0 Å². The van der Waals surface area contributed by atoms with Gasteiger partial charge < -0.3 is 19.5 Å². The van der Waals surface area contributed by atoms with Gasteiger partial charge in [-0.2, -0.15) is 0 Å². The zero-order chi connectivity index (χ0) is 13.2. The smallest absolute Gasteiger partial charge is 0.340 e. The number of carbonyl (C=O) groups is 2. The maximum Gasteiger partial charge on any atom is 0.340 e. The zero-order valence-corrected chi connectivity index (χ0v) is 10.2. The Balaban J connectivity index is 1.73. The van der Waals surface area contributed by atoms with Crippen LogP contribution in [-0.2, 0) is 14.3 Å². The minimum atomic E-state index is -0.484. The van der Waals surface area contributed by atoms with Gasteiger partial charge in [0, 0.05) is 12.7 Å². The molecular weight excluding hydrogens is 250 g/mol. The average molecular weight is 263 g/mol. The molecule has 2 aliphatic heterocycles. The molecular formula is C13H13NO5. The number of ether oxygens (including phenoxy) is 3. The van der Waals surface area contributed by atoms with E-state index in [0.29, 0.717) is 30.2 Å². The van der Waals surface area contributed by atoms with Crippen molar-refractivity contribution in [2.75, 3.05) is 18.5 Å². The molecule has 6 nitrogen and oxygen atoms in total. The van der Waals surface area contributed by atoms with Gasteiger partial charge in [-0.1, -0.05) is 0 Å². The third-order valence-corrected chi connectivity index (χ3v) is 2.99. The molecule has 0 aliphatic carbocycles. The Morgan fingerprint density at radius 1 is 1.42 bits per heavy atom. The summed E-state index contributed by atoms with van der Waals surface area (Å²) in [4.78, 5) is 23.0. The summed E-state index contributed by atoms with van der Waals surface area (Å²) in [5, 5.41) is 2.66. The van der Waals surface area contributed by atoms with Crippen LogP contribution < -0.4 is 14.8 Å². The Hall–Kier alpha value is -2.08. The minimum Gasteiger partial charge on any atom is -0.482 e. The second kappa shape index (κ2) is 4.89. The Morgan fingerprint density at radius 3 is 3.11 bits per heavy atom. The van der Waals surface area contributed by atoms with Gasteiger partial charge in [-0.25, -0.2) is 4.79 Å². The predicted molar refractivity (Wildman–Crippen MR) is 65.2 cm³/mol. The Kier molecular flexibility index (Phi) is 3.08. The number of nitrogens with one attached hydrogen (secondary N) is 1. The van der Waals surface area contributed by atoms with E-state index in [9.17, 15) is 9.59 Å².